The van der Waals surface area contributed by atoms with E-state index in [1.807, 2.05) is 0 Å². The summed E-state index contributed by atoms with van der Waals surface area (Å²) in [5, 5.41) is 6.89. The Labute approximate surface area is 148 Å². The fourth-order valence-corrected chi connectivity index (χ4v) is 2.18. The van der Waals surface area contributed by atoms with Crippen LogP contribution in [0.5, 0.6) is 0 Å². The Morgan fingerprint density at radius 1 is 1.21 bits per heavy atom. The van der Waals surface area contributed by atoms with Crippen molar-refractivity contribution < 1.29 is 14.0 Å². The summed E-state index contributed by atoms with van der Waals surface area (Å²) in [6, 6.07) is 10.7. The number of nitrogens with zero attached hydrogens (tertiary/aromatic N) is 1. The summed E-state index contributed by atoms with van der Waals surface area (Å²) in [7, 11) is 0. The van der Waals surface area contributed by atoms with Gasteiger partial charge in [-0.1, -0.05) is 46.6 Å². The largest absolute Gasteiger partial charge is 0.389 e. The highest BCUT2D eigenvalue weighted by atomic mass is 35.5. The minimum Gasteiger partial charge on any atom is -0.389 e. The highest BCUT2D eigenvalue weighted by molar-refractivity contribution is 6.33. The molecule has 2 aromatic rings. The molecule has 0 aliphatic heterocycles. The zero-order valence-corrected chi connectivity index (χ0v) is 13.9. The first-order valence-corrected chi connectivity index (χ1v) is 7.64. The number of hydrogen-bond donors (Lipinski definition) is 2. The van der Waals surface area contributed by atoms with Crippen LogP contribution in [0.2, 0.25) is 10.0 Å². The average Bonchev–Trinajstić information content (AvgIpc) is 2.51. The van der Waals surface area contributed by atoms with Crippen LogP contribution in [0, 0.1) is 5.82 Å². The monoisotopic (exact) mass is 369 g/mol. The molecule has 24 heavy (non-hydrogen) atoms. The molecular formula is C16H14Cl2FN3O2. The number of anilines is 1. The maximum atomic E-state index is 12.9. The number of halogens is 3. The fourth-order valence-electron chi connectivity index (χ4n) is 1.78. The molecule has 0 spiro atoms. The van der Waals surface area contributed by atoms with E-state index in [2.05, 4.69) is 10.5 Å². The summed E-state index contributed by atoms with van der Waals surface area (Å²) >= 11 is 11.8. The summed E-state index contributed by atoms with van der Waals surface area (Å²) < 4.78 is 12.9. The molecule has 0 unspecified atom stereocenters. The maximum Gasteiger partial charge on any atom is 0.232 e. The van der Waals surface area contributed by atoms with Gasteiger partial charge in [-0.15, -0.1) is 0 Å². The summed E-state index contributed by atoms with van der Waals surface area (Å²) in [5.74, 6) is -0.839. The van der Waals surface area contributed by atoms with E-state index in [4.69, 9.17) is 33.8 Å². The van der Waals surface area contributed by atoms with Crippen molar-refractivity contribution in [2.24, 2.45) is 10.9 Å². The lowest BCUT2D eigenvalue weighted by Crippen LogP contribution is -2.22. The van der Waals surface area contributed by atoms with E-state index < -0.39 is 5.82 Å². The molecule has 0 heterocycles. The topological polar surface area (TPSA) is 76.7 Å². The highest BCUT2D eigenvalue weighted by Gasteiger charge is 2.08. The van der Waals surface area contributed by atoms with Gasteiger partial charge in [-0.05, 0) is 24.3 Å². The molecule has 2 rings (SSSR count). The first-order valence-electron chi connectivity index (χ1n) is 6.88. The van der Waals surface area contributed by atoms with Crippen LogP contribution in [0.4, 0.5) is 10.1 Å². The molecule has 0 bridgehead atoms. The third-order valence-electron chi connectivity index (χ3n) is 2.91. The van der Waals surface area contributed by atoms with Crippen molar-refractivity contribution in [3.63, 3.8) is 0 Å². The number of carbonyl (C=O) groups excluding carboxylic acids is 1. The van der Waals surface area contributed by atoms with Gasteiger partial charge >= 0.3 is 0 Å². The lowest BCUT2D eigenvalue weighted by atomic mass is 10.2. The Hall–Kier alpha value is -2.31. The second-order valence-electron chi connectivity index (χ2n) is 4.80. The molecule has 0 aromatic heterocycles. The van der Waals surface area contributed by atoms with E-state index in [0.29, 0.717) is 16.3 Å². The minimum atomic E-state index is -0.442. The molecule has 0 atom stereocenters. The summed E-state index contributed by atoms with van der Waals surface area (Å²) in [5.41, 5.74) is 6.66. The first kappa shape index (κ1) is 18.0. The number of amides is 1. The van der Waals surface area contributed by atoms with Crippen molar-refractivity contribution in [2.75, 3.05) is 5.32 Å². The number of nitrogens with two attached hydrogens (primary N) is 1. The molecule has 0 radical (unpaired) electrons. The number of amidine groups is 1. The standard InChI is InChI=1S/C16H14Cl2FN3O2/c17-12-3-1-2-4-14(12)21-16(23)8-15(20)22-24-9-10-5-6-11(19)7-13(10)18/h1-7H,8-9H2,(H2,20,22)(H,21,23). The predicted molar refractivity (Wildman–Crippen MR) is 92.5 cm³/mol. The Morgan fingerprint density at radius 2 is 1.96 bits per heavy atom. The van der Waals surface area contributed by atoms with Crippen molar-refractivity contribution in [2.45, 2.75) is 13.0 Å². The van der Waals surface area contributed by atoms with Crippen LogP contribution in [0.25, 0.3) is 0 Å². The van der Waals surface area contributed by atoms with E-state index in [-0.39, 0.29) is 29.8 Å². The third kappa shape index (κ3) is 5.40. The molecule has 8 heteroatoms. The van der Waals surface area contributed by atoms with E-state index >= 15 is 0 Å². The normalized spacial score (nSPS) is 11.2. The first-order chi connectivity index (χ1) is 11.5. The zero-order chi connectivity index (χ0) is 17.5. The van der Waals surface area contributed by atoms with Crippen molar-refractivity contribution >= 4 is 40.6 Å². The molecule has 0 fully saturated rings. The van der Waals surface area contributed by atoms with Gasteiger partial charge in [0.15, 0.2) is 0 Å². The quantitative estimate of drug-likeness (QED) is 0.459. The Bertz CT molecular complexity index is 769. The van der Waals surface area contributed by atoms with E-state index in [0.717, 1.165) is 0 Å². The molecule has 1 amide bonds. The lowest BCUT2D eigenvalue weighted by molar-refractivity contribution is -0.115. The molecule has 3 N–H and O–H groups in total. The summed E-state index contributed by atoms with van der Waals surface area (Å²) in [6.45, 7) is 0.00590. The van der Waals surface area contributed by atoms with E-state index in [1.54, 1.807) is 24.3 Å². The summed E-state index contributed by atoms with van der Waals surface area (Å²) in [6.07, 6.45) is -0.164. The molecule has 126 valence electrons. The van der Waals surface area contributed by atoms with Crippen LogP contribution >= 0.6 is 23.2 Å². The van der Waals surface area contributed by atoms with Crippen molar-refractivity contribution in [3.05, 3.63) is 63.9 Å². The zero-order valence-electron chi connectivity index (χ0n) is 12.4. The van der Waals surface area contributed by atoms with Crippen LogP contribution < -0.4 is 11.1 Å². The van der Waals surface area contributed by atoms with Crippen molar-refractivity contribution in [1.82, 2.24) is 0 Å². The minimum absolute atomic E-state index is 0.00590. The van der Waals surface area contributed by atoms with Crippen molar-refractivity contribution in [3.8, 4) is 0 Å². The number of rotatable bonds is 6. The molecule has 0 saturated carbocycles. The molecule has 2 aromatic carbocycles. The SMILES string of the molecule is NC(CC(=O)Nc1ccccc1Cl)=NOCc1ccc(F)cc1Cl. The molecular weight excluding hydrogens is 356 g/mol. The Kier molecular flexibility index (Phi) is 6.40. The van der Waals surface area contributed by atoms with Crippen LogP contribution in [0.1, 0.15) is 12.0 Å². The predicted octanol–water partition coefficient (Wildman–Crippen LogP) is 3.95. The Morgan fingerprint density at radius 3 is 2.67 bits per heavy atom. The van der Waals surface area contributed by atoms with E-state index in [1.165, 1.54) is 18.2 Å². The van der Waals surface area contributed by atoms with E-state index in [9.17, 15) is 9.18 Å². The second kappa shape index (κ2) is 8.52. The molecule has 0 aliphatic carbocycles. The van der Waals surface area contributed by atoms with Gasteiger partial charge in [0.2, 0.25) is 5.91 Å². The molecule has 0 saturated heterocycles. The van der Waals surface area contributed by atoms with Gasteiger partial charge in [-0.25, -0.2) is 4.39 Å². The van der Waals surface area contributed by atoms with Gasteiger partial charge in [0.1, 0.15) is 18.3 Å². The van der Waals surface area contributed by atoms with Gasteiger partial charge < -0.3 is 15.9 Å². The van der Waals surface area contributed by atoms with Gasteiger partial charge in [-0.3, -0.25) is 4.79 Å². The number of benzene rings is 2. The van der Waals surface area contributed by atoms with Gasteiger partial charge in [0, 0.05) is 5.56 Å². The fraction of sp³-hybridized carbons (Fsp3) is 0.125. The second-order valence-corrected chi connectivity index (χ2v) is 5.61. The van der Waals surface area contributed by atoms with Crippen LogP contribution in [0.3, 0.4) is 0 Å². The smallest absolute Gasteiger partial charge is 0.232 e. The Balaban J connectivity index is 1.85. The van der Waals surface area contributed by atoms with Gasteiger partial charge in [0.05, 0.1) is 22.2 Å². The third-order valence-corrected chi connectivity index (χ3v) is 3.59. The summed E-state index contributed by atoms with van der Waals surface area (Å²) in [4.78, 5) is 16.9. The van der Waals surface area contributed by atoms with Crippen LogP contribution in [-0.2, 0) is 16.2 Å². The van der Waals surface area contributed by atoms with Gasteiger partial charge in [-0.2, -0.15) is 0 Å². The number of para-hydroxylation sites is 1. The van der Waals surface area contributed by atoms with Crippen molar-refractivity contribution in [1.29, 1.82) is 0 Å². The number of hydrogen-bond acceptors (Lipinski definition) is 3. The molecule has 0 aliphatic rings. The van der Waals surface area contributed by atoms with Gasteiger partial charge in [0.25, 0.3) is 0 Å². The number of carbonyl (C=O) groups is 1. The van der Waals surface area contributed by atoms with Crippen LogP contribution in [-0.4, -0.2) is 11.7 Å². The van der Waals surface area contributed by atoms with Crippen LogP contribution in [0.15, 0.2) is 47.6 Å². The number of oxime groups is 1. The highest BCUT2D eigenvalue weighted by Crippen LogP contribution is 2.20. The average molecular weight is 370 g/mol. The lowest BCUT2D eigenvalue weighted by Gasteiger charge is -2.07. The maximum absolute atomic E-state index is 12.9. The molecule has 5 nitrogen and oxygen atoms in total. The number of nitrogens with one attached hydrogen (secondary N) is 1.